The highest BCUT2D eigenvalue weighted by Gasteiger charge is 2.32. The van der Waals surface area contributed by atoms with E-state index in [2.05, 4.69) is 34.1 Å². The smallest absolute Gasteiger partial charge is 0.261 e. The van der Waals surface area contributed by atoms with Gasteiger partial charge in [0.1, 0.15) is 0 Å². The molecule has 1 aliphatic rings. The zero-order chi connectivity index (χ0) is 16.9. The predicted octanol–water partition coefficient (Wildman–Crippen LogP) is 3.07. The quantitative estimate of drug-likeness (QED) is 0.720. The minimum atomic E-state index is -0.146. The van der Waals surface area contributed by atoms with Crippen LogP contribution >= 0.6 is 0 Å². The van der Waals surface area contributed by atoms with E-state index in [1.807, 2.05) is 24.4 Å². The van der Waals surface area contributed by atoms with Crippen LogP contribution in [-0.2, 0) is 4.74 Å². The van der Waals surface area contributed by atoms with Crippen LogP contribution in [0.15, 0.2) is 16.8 Å². The number of aryl methyl sites for hydroxylation is 2. The first kappa shape index (κ1) is 15.3. The molecule has 0 bridgehead atoms. The fraction of sp³-hybridized carbons (Fsp3) is 0.529. The van der Waals surface area contributed by atoms with Crippen molar-refractivity contribution in [1.82, 2.24) is 24.7 Å². The molecule has 0 radical (unpaired) electrons. The molecule has 3 aromatic rings. The molecule has 4 heterocycles. The van der Waals surface area contributed by atoms with E-state index in [4.69, 9.17) is 9.26 Å². The second-order valence-corrected chi connectivity index (χ2v) is 7.07. The van der Waals surface area contributed by atoms with E-state index in [-0.39, 0.29) is 11.5 Å². The number of fused-ring (bicyclic) bond motifs is 1. The van der Waals surface area contributed by atoms with Gasteiger partial charge >= 0.3 is 0 Å². The van der Waals surface area contributed by atoms with Gasteiger partial charge in [0.25, 0.3) is 5.89 Å². The summed E-state index contributed by atoms with van der Waals surface area (Å²) in [5.74, 6) is 1.50. The number of hydrogen-bond donors (Lipinski definition) is 0. The number of ether oxygens (including phenoxy) is 1. The lowest BCUT2D eigenvalue weighted by Gasteiger charge is -2.34. The van der Waals surface area contributed by atoms with E-state index in [9.17, 15) is 0 Å². The molecule has 1 saturated heterocycles. The summed E-state index contributed by atoms with van der Waals surface area (Å²) in [7, 11) is 0. The Hall–Kier alpha value is -2.28. The lowest BCUT2D eigenvalue weighted by Crippen LogP contribution is -2.33. The standard InChI is InChI=1S/C17H21N5O2/c1-10-7-14-18-9-13(11(2)22(14)20-10)16-19-15(21-24-16)12-5-6-23-17(3,4)8-12/h7,9,12H,5-6,8H2,1-4H3/t12-/m0/s1. The molecule has 1 fully saturated rings. The summed E-state index contributed by atoms with van der Waals surface area (Å²) in [6.45, 7) is 8.86. The predicted molar refractivity (Wildman–Crippen MR) is 87.8 cm³/mol. The van der Waals surface area contributed by atoms with Gasteiger partial charge in [0.05, 0.1) is 22.6 Å². The molecule has 126 valence electrons. The number of hydrogen-bond acceptors (Lipinski definition) is 6. The van der Waals surface area contributed by atoms with Gasteiger partial charge in [-0.25, -0.2) is 9.50 Å². The Labute approximate surface area is 140 Å². The highest BCUT2D eigenvalue weighted by molar-refractivity contribution is 5.58. The van der Waals surface area contributed by atoms with Crippen LogP contribution in [-0.4, -0.2) is 36.9 Å². The van der Waals surface area contributed by atoms with Crippen molar-refractivity contribution in [3.05, 3.63) is 29.5 Å². The molecular formula is C17H21N5O2. The molecule has 0 spiro atoms. The van der Waals surface area contributed by atoms with Gasteiger partial charge in [-0.15, -0.1) is 0 Å². The van der Waals surface area contributed by atoms with Gasteiger partial charge in [-0.1, -0.05) is 5.16 Å². The van der Waals surface area contributed by atoms with Crippen LogP contribution in [0.4, 0.5) is 0 Å². The van der Waals surface area contributed by atoms with Gasteiger partial charge in [-0.2, -0.15) is 10.1 Å². The molecule has 7 nitrogen and oxygen atoms in total. The highest BCUT2D eigenvalue weighted by Crippen LogP contribution is 2.35. The first-order valence-electron chi connectivity index (χ1n) is 8.23. The highest BCUT2D eigenvalue weighted by atomic mass is 16.5. The van der Waals surface area contributed by atoms with Crippen molar-refractivity contribution in [2.45, 2.75) is 52.1 Å². The van der Waals surface area contributed by atoms with Crippen LogP contribution in [0.3, 0.4) is 0 Å². The summed E-state index contributed by atoms with van der Waals surface area (Å²) < 4.78 is 13.1. The number of aromatic nitrogens is 5. The molecule has 0 aliphatic carbocycles. The minimum absolute atomic E-state index is 0.146. The molecule has 0 saturated carbocycles. The average molecular weight is 327 g/mol. The third-order valence-corrected chi connectivity index (χ3v) is 4.58. The molecule has 3 aromatic heterocycles. The van der Waals surface area contributed by atoms with Gasteiger partial charge in [0.2, 0.25) is 0 Å². The molecule has 0 aromatic carbocycles. The maximum absolute atomic E-state index is 5.77. The molecule has 7 heteroatoms. The minimum Gasteiger partial charge on any atom is -0.376 e. The van der Waals surface area contributed by atoms with E-state index in [1.165, 1.54) is 0 Å². The van der Waals surface area contributed by atoms with Crippen molar-refractivity contribution >= 4 is 5.65 Å². The number of nitrogens with zero attached hydrogens (tertiary/aromatic N) is 5. The lowest BCUT2D eigenvalue weighted by atomic mass is 9.88. The Morgan fingerprint density at radius 2 is 2.12 bits per heavy atom. The monoisotopic (exact) mass is 327 g/mol. The summed E-state index contributed by atoms with van der Waals surface area (Å²) in [5.41, 5.74) is 3.36. The van der Waals surface area contributed by atoms with Crippen molar-refractivity contribution < 1.29 is 9.26 Å². The Morgan fingerprint density at radius 1 is 1.29 bits per heavy atom. The lowest BCUT2D eigenvalue weighted by molar-refractivity contribution is -0.0604. The fourth-order valence-electron chi connectivity index (χ4n) is 3.34. The fourth-order valence-corrected chi connectivity index (χ4v) is 3.34. The summed E-state index contributed by atoms with van der Waals surface area (Å²) in [6, 6.07) is 1.94. The third kappa shape index (κ3) is 2.58. The molecular weight excluding hydrogens is 306 g/mol. The van der Waals surface area contributed by atoms with Crippen molar-refractivity contribution in [3.8, 4) is 11.5 Å². The van der Waals surface area contributed by atoms with Crippen LogP contribution in [0.2, 0.25) is 0 Å². The molecule has 1 aliphatic heterocycles. The summed E-state index contributed by atoms with van der Waals surface area (Å²) in [6.07, 6.45) is 3.58. The van der Waals surface area contributed by atoms with Crippen molar-refractivity contribution in [2.75, 3.05) is 6.61 Å². The average Bonchev–Trinajstić information content (AvgIpc) is 3.13. The van der Waals surface area contributed by atoms with Gasteiger partial charge < -0.3 is 9.26 Å². The largest absolute Gasteiger partial charge is 0.376 e. The Morgan fingerprint density at radius 3 is 2.92 bits per heavy atom. The van der Waals surface area contributed by atoms with Gasteiger partial charge in [-0.3, -0.25) is 0 Å². The zero-order valence-electron chi connectivity index (χ0n) is 14.4. The molecule has 0 unspecified atom stereocenters. The van der Waals surface area contributed by atoms with Crippen LogP contribution in [0.25, 0.3) is 17.1 Å². The molecule has 4 rings (SSSR count). The maximum Gasteiger partial charge on any atom is 0.261 e. The Bertz CT molecular complexity index is 896. The van der Waals surface area contributed by atoms with Crippen molar-refractivity contribution in [1.29, 1.82) is 0 Å². The van der Waals surface area contributed by atoms with Crippen LogP contribution in [0.1, 0.15) is 49.8 Å². The second-order valence-electron chi connectivity index (χ2n) is 7.07. The summed E-state index contributed by atoms with van der Waals surface area (Å²) in [4.78, 5) is 9.07. The van der Waals surface area contributed by atoms with Crippen LogP contribution < -0.4 is 0 Å². The van der Waals surface area contributed by atoms with Gasteiger partial charge in [0.15, 0.2) is 11.5 Å². The summed E-state index contributed by atoms with van der Waals surface area (Å²) in [5, 5.41) is 8.67. The van der Waals surface area contributed by atoms with Crippen molar-refractivity contribution in [2.24, 2.45) is 0 Å². The van der Waals surface area contributed by atoms with Crippen LogP contribution in [0.5, 0.6) is 0 Å². The first-order chi connectivity index (χ1) is 11.4. The topological polar surface area (TPSA) is 78.3 Å². The molecule has 24 heavy (non-hydrogen) atoms. The molecule has 1 atom stereocenters. The van der Waals surface area contributed by atoms with E-state index in [1.54, 1.807) is 6.20 Å². The van der Waals surface area contributed by atoms with Gasteiger partial charge in [0, 0.05) is 24.8 Å². The third-order valence-electron chi connectivity index (χ3n) is 4.58. The zero-order valence-corrected chi connectivity index (χ0v) is 14.4. The Kier molecular flexibility index (Phi) is 3.42. The molecule has 0 amide bonds. The Balaban J connectivity index is 1.69. The molecule has 0 N–H and O–H groups in total. The summed E-state index contributed by atoms with van der Waals surface area (Å²) >= 11 is 0. The van der Waals surface area contributed by atoms with E-state index < -0.39 is 0 Å². The van der Waals surface area contributed by atoms with E-state index in [0.29, 0.717) is 5.89 Å². The van der Waals surface area contributed by atoms with Crippen molar-refractivity contribution in [3.63, 3.8) is 0 Å². The number of rotatable bonds is 2. The van der Waals surface area contributed by atoms with Crippen LogP contribution in [0, 0.1) is 13.8 Å². The van der Waals surface area contributed by atoms with E-state index >= 15 is 0 Å². The first-order valence-corrected chi connectivity index (χ1v) is 8.23. The van der Waals surface area contributed by atoms with Gasteiger partial charge in [-0.05, 0) is 40.5 Å². The van der Waals surface area contributed by atoms with E-state index in [0.717, 1.165) is 47.9 Å². The normalized spacial score (nSPS) is 20.6. The second kappa shape index (κ2) is 5.37. The maximum atomic E-state index is 5.77. The SMILES string of the molecule is Cc1cc2ncc(-c3nc([C@H]4CCOC(C)(C)C4)no3)c(C)n2n1.